The lowest BCUT2D eigenvalue weighted by Crippen LogP contribution is -2.46. The van der Waals surface area contributed by atoms with Crippen LogP contribution in [-0.4, -0.2) is 34.5 Å². The molecule has 0 saturated heterocycles. The number of amides is 1. The number of primary amides is 1. The van der Waals surface area contributed by atoms with Crippen LogP contribution in [0.5, 0.6) is 0 Å². The van der Waals surface area contributed by atoms with Crippen LogP contribution in [0.3, 0.4) is 0 Å². The first-order chi connectivity index (χ1) is 8.51. The molecule has 0 aromatic rings. The van der Waals surface area contributed by atoms with Crippen LogP contribution >= 0.6 is 0 Å². The molecule has 0 radical (unpaired) electrons. The van der Waals surface area contributed by atoms with Crippen molar-refractivity contribution < 1.29 is 18.1 Å². The Bertz CT molecular complexity index is 221. The van der Waals surface area contributed by atoms with Gasteiger partial charge in [0.25, 0.3) is 0 Å². The largest absolute Gasteiger partial charge is 0.500 e. The Kier molecular flexibility index (Phi) is 9.26. The third-order valence-electron chi connectivity index (χ3n) is 2.70. The average molecular weight is 277 g/mol. The summed E-state index contributed by atoms with van der Waals surface area (Å²) in [4.78, 5) is 11.0. The van der Waals surface area contributed by atoms with Crippen LogP contribution in [0.15, 0.2) is 0 Å². The number of nitrogens with two attached hydrogens (primary N) is 1. The first kappa shape index (κ1) is 17.6. The van der Waals surface area contributed by atoms with Gasteiger partial charge in [-0.15, -0.1) is 0 Å². The Morgan fingerprint density at radius 3 is 1.89 bits per heavy atom. The highest BCUT2D eigenvalue weighted by Crippen LogP contribution is 2.21. The maximum Gasteiger partial charge on any atom is 0.500 e. The summed E-state index contributed by atoms with van der Waals surface area (Å²) in [7, 11) is -2.55. The van der Waals surface area contributed by atoms with Crippen LogP contribution < -0.4 is 5.73 Å². The zero-order valence-corrected chi connectivity index (χ0v) is 13.0. The number of carbonyl (C=O) groups excluding carboxylic acids is 1. The highest BCUT2D eigenvalue weighted by molar-refractivity contribution is 6.60. The predicted molar refractivity (Wildman–Crippen MR) is 73.0 cm³/mol. The second-order valence-corrected chi connectivity index (χ2v) is 6.91. The molecule has 0 aliphatic carbocycles. The lowest BCUT2D eigenvalue weighted by atomic mass is 10.1. The molecule has 0 aromatic heterocycles. The van der Waals surface area contributed by atoms with Crippen LogP contribution in [0.4, 0.5) is 0 Å². The Labute approximate surface area is 111 Å². The summed E-state index contributed by atoms with van der Waals surface area (Å²) in [5.74, 6) is -0.368. The molecule has 2 N–H and O–H groups in total. The van der Waals surface area contributed by atoms with Crippen molar-refractivity contribution in [2.75, 3.05) is 19.8 Å². The fourth-order valence-electron chi connectivity index (χ4n) is 1.77. The molecule has 1 unspecified atom stereocenters. The summed E-state index contributed by atoms with van der Waals surface area (Å²) >= 11 is 0. The van der Waals surface area contributed by atoms with Crippen molar-refractivity contribution in [3.05, 3.63) is 0 Å². The van der Waals surface area contributed by atoms with Gasteiger partial charge in [0.05, 0.1) is 0 Å². The van der Waals surface area contributed by atoms with Crippen molar-refractivity contribution in [3.8, 4) is 0 Å². The SMILES string of the molecule is CCO[Si](CCCC(C)C(N)=O)(OCC)OCC. The molecule has 1 amide bonds. The van der Waals surface area contributed by atoms with E-state index in [2.05, 4.69) is 0 Å². The van der Waals surface area contributed by atoms with E-state index in [1.165, 1.54) is 0 Å². The fourth-order valence-corrected chi connectivity index (χ4v) is 4.41. The Morgan fingerprint density at radius 2 is 1.56 bits per heavy atom. The highest BCUT2D eigenvalue weighted by Gasteiger charge is 2.39. The molecule has 6 heteroatoms. The number of hydrogen-bond acceptors (Lipinski definition) is 4. The van der Waals surface area contributed by atoms with Gasteiger partial charge < -0.3 is 19.0 Å². The molecule has 0 aliphatic rings. The molecule has 108 valence electrons. The van der Waals surface area contributed by atoms with Crippen molar-refractivity contribution >= 4 is 14.7 Å². The molecule has 0 rings (SSSR count). The van der Waals surface area contributed by atoms with Gasteiger partial charge in [0.2, 0.25) is 5.91 Å². The minimum atomic E-state index is -2.55. The van der Waals surface area contributed by atoms with Gasteiger partial charge in [-0.2, -0.15) is 0 Å². The Balaban J connectivity index is 4.33. The summed E-state index contributed by atoms with van der Waals surface area (Å²) in [6, 6.07) is 0.736. The third kappa shape index (κ3) is 6.49. The number of carbonyl (C=O) groups is 1. The summed E-state index contributed by atoms with van der Waals surface area (Å²) < 4.78 is 17.2. The lowest BCUT2D eigenvalue weighted by Gasteiger charge is -2.28. The molecule has 0 bridgehead atoms. The first-order valence-corrected chi connectivity index (χ1v) is 8.65. The van der Waals surface area contributed by atoms with Crippen LogP contribution in [-0.2, 0) is 18.1 Å². The maximum atomic E-state index is 11.0. The van der Waals surface area contributed by atoms with Gasteiger partial charge in [-0.1, -0.05) is 6.92 Å². The zero-order chi connectivity index (χ0) is 14.0. The van der Waals surface area contributed by atoms with E-state index in [-0.39, 0.29) is 11.8 Å². The van der Waals surface area contributed by atoms with Gasteiger partial charge in [0, 0.05) is 31.8 Å². The summed E-state index contributed by atoms with van der Waals surface area (Å²) in [6.45, 7) is 9.39. The average Bonchev–Trinajstić information content (AvgIpc) is 2.29. The van der Waals surface area contributed by atoms with E-state index < -0.39 is 8.80 Å². The van der Waals surface area contributed by atoms with Gasteiger partial charge in [-0.05, 0) is 33.6 Å². The van der Waals surface area contributed by atoms with E-state index in [9.17, 15) is 4.79 Å². The summed E-state index contributed by atoms with van der Waals surface area (Å²) in [5, 5.41) is 0. The van der Waals surface area contributed by atoms with E-state index in [0.717, 1.165) is 18.9 Å². The minimum Gasteiger partial charge on any atom is -0.374 e. The van der Waals surface area contributed by atoms with Crippen molar-refractivity contribution in [2.24, 2.45) is 11.7 Å². The van der Waals surface area contributed by atoms with Crippen LogP contribution in [0, 0.1) is 5.92 Å². The van der Waals surface area contributed by atoms with Gasteiger partial charge in [0.1, 0.15) is 0 Å². The van der Waals surface area contributed by atoms with E-state index in [1.54, 1.807) is 0 Å². The monoisotopic (exact) mass is 277 g/mol. The highest BCUT2D eigenvalue weighted by atomic mass is 28.4. The number of rotatable bonds is 11. The Hall–Kier alpha value is -0.433. The third-order valence-corrected chi connectivity index (χ3v) is 5.85. The normalized spacial score (nSPS) is 13.6. The standard InChI is InChI=1S/C12H27NO4Si/c1-5-15-18(16-6-2,17-7-3)10-8-9-11(4)12(13)14/h11H,5-10H2,1-4H3,(H2,13,14). The molecule has 0 spiro atoms. The molecule has 1 atom stereocenters. The van der Waals surface area contributed by atoms with Gasteiger partial charge in [-0.25, -0.2) is 0 Å². The minimum absolute atomic E-state index is 0.110. The van der Waals surface area contributed by atoms with Crippen molar-refractivity contribution in [2.45, 2.75) is 46.6 Å². The van der Waals surface area contributed by atoms with Crippen molar-refractivity contribution in [3.63, 3.8) is 0 Å². The molecule has 0 saturated carbocycles. The number of hydrogen-bond donors (Lipinski definition) is 1. The van der Waals surface area contributed by atoms with Crippen LogP contribution in [0.2, 0.25) is 6.04 Å². The van der Waals surface area contributed by atoms with Gasteiger partial charge in [-0.3, -0.25) is 4.79 Å². The van der Waals surface area contributed by atoms with Crippen LogP contribution in [0.1, 0.15) is 40.5 Å². The maximum absolute atomic E-state index is 11.0. The molecule has 5 nitrogen and oxygen atoms in total. The molecular weight excluding hydrogens is 250 g/mol. The molecule has 0 heterocycles. The summed E-state index contributed by atoms with van der Waals surface area (Å²) in [6.07, 6.45) is 1.58. The quantitative estimate of drug-likeness (QED) is 0.586. The van der Waals surface area contributed by atoms with E-state index in [1.807, 2.05) is 27.7 Å². The first-order valence-electron chi connectivity index (χ1n) is 6.72. The van der Waals surface area contributed by atoms with Gasteiger partial charge >= 0.3 is 8.80 Å². The second kappa shape index (κ2) is 9.49. The molecular formula is C12H27NO4Si. The fraction of sp³-hybridized carbons (Fsp3) is 0.917. The molecule has 0 fully saturated rings. The molecule has 0 aromatic carbocycles. The van der Waals surface area contributed by atoms with Crippen molar-refractivity contribution in [1.29, 1.82) is 0 Å². The Morgan fingerprint density at radius 1 is 1.11 bits per heavy atom. The van der Waals surface area contributed by atoms with Gasteiger partial charge in [0.15, 0.2) is 0 Å². The predicted octanol–water partition coefficient (Wildman–Crippen LogP) is 1.94. The zero-order valence-electron chi connectivity index (χ0n) is 12.0. The smallest absolute Gasteiger partial charge is 0.374 e. The van der Waals surface area contributed by atoms with E-state index in [0.29, 0.717) is 19.8 Å². The molecule has 0 aliphatic heterocycles. The van der Waals surface area contributed by atoms with E-state index in [4.69, 9.17) is 19.0 Å². The second-order valence-electron chi connectivity index (χ2n) is 4.18. The van der Waals surface area contributed by atoms with Crippen LogP contribution in [0.25, 0.3) is 0 Å². The van der Waals surface area contributed by atoms with E-state index >= 15 is 0 Å². The lowest BCUT2D eigenvalue weighted by molar-refractivity contribution is -0.121. The van der Waals surface area contributed by atoms with Crippen molar-refractivity contribution in [1.82, 2.24) is 0 Å². The molecule has 18 heavy (non-hydrogen) atoms. The topological polar surface area (TPSA) is 70.8 Å². The summed E-state index contributed by atoms with van der Waals surface area (Å²) in [5.41, 5.74) is 5.24.